The fourth-order valence-corrected chi connectivity index (χ4v) is 7.20. The van der Waals surface area contributed by atoms with E-state index in [1.54, 1.807) is 25.7 Å². The summed E-state index contributed by atoms with van der Waals surface area (Å²) in [5, 5.41) is 11.6. The van der Waals surface area contributed by atoms with Crippen molar-refractivity contribution in [3.63, 3.8) is 0 Å². The Balaban J connectivity index is 1.24. The van der Waals surface area contributed by atoms with Gasteiger partial charge in [-0.3, -0.25) is 14.4 Å². The Morgan fingerprint density at radius 3 is 1.96 bits per heavy atom. The van der Waals surface area contributed by atoms with Crippen LogP contribution in [0, 0.1) is 5.41 Å². The first-order chi connectivity index (χ1) is 23.4. The molecule has 12 heteroatoms. The number of hydrogen-bond acceptors (Lipinski definition) is 5. The fraction of sp³-hybridized carbons (Fsp3) is 0.289. The van der Waals surface area contributed by atoms with Gasteiger partial charge in [0.1, 0.15) is 17.4 Å². The Morgan fingerprint density at radius 1 is 0.760 bits per heavy atom. The number of nitrogens with zero attached hydrogens (tertiary/aromatic N) is 1. The predicted molar refractivity (Wildman–Crippen MR) is 182 cm³/mol. The second-order valence-corrected chi connectivity index (χ2v) is 14.0. The SMILES string of the molecule is CC(C)(C)[C@H](Nc1c(Nc2cc(C(F)(F)F)cc(C(F)(F)F)c2)c(=O)c1=O)C(=O)N1CCC[C@@H]1c1cc2cccc3ccc4cccc1c4c32. The molecular weight excluding hydrogens is 660 g/mol. The molecule has 0 unspecified atom stereocenters. The molecule has 1 saturated heterocycles. The van der Waals surface area contributed by atoms with Gasteiger partial charge < -0.3 is 15.5 Å². The Hall–Kier alpha value is -5.13. The van der Waals surface area contributed by atoms with E-state index in [1.807, 2.05) is 24.3 Å². The minimum absolute atomic E-state index is 0.0333. The molecule has 1 aliphatic rings. The molecule has 258 valence electrons. The third-order valence-corrected chi connectivity index (χ3v) is 9.60. The smallest absolute Gasteiger partial charge is 0.368 e. The molecule has 0 aliphatic carbocycles. The molecule has 50 heavy (non-hydrogen) atoms. The van der Waals surface area contributed by atoms with Crippen molar-refractivity contribution in [1.82, 2.24) is 4.90 Å². The van der Waals surface area contributed by atoms with Gasteiger partial charge in [0, 0.05) is 12.2 Å². The van der Waals surface area contributed by atoms with E-state index < -0.39 is 57.2 Å². The first kappa shape index (κ1) is 33.4. The van der Waals surface area contributed by atoms with Crippen molar-refractivity contribution in [3.8, 4) is 0 Å². The number of amides is 1. The van der Waals surface area contributed by atoms with Gasteiger partial charge in [0.05, 0.1) is 17.2 Å². The zero-order chi connectivity index (χ0) is 35.9. The van der Waals surface area contributed by atoms with Crippen LogP contribution in [0.4, 0.5) is 43.4 Å². The van der Waals surface area contributed by atoms with Gasteiger partial charge in [0.2, 0.25) is 5.91 Å². The Kier molecular flexibility index (Phi) is 7.65. The van der Waals surface area contributed by atoms with Crippen LogP contribution in [0.3, 0.4) is 0 Å². The summed E-state index contributed by atoms with van der Waals surface area (Å²) >= 11 is 0. The lowest BCUT2D eigenvalue weighted by molar-refractivity contribution is -0.143. The quantitative estimate of drug-likeness (QED) is 0.104. The molecule has 0 spiro atoms. The second-order valence-electron chi connectivity index (χ2n) is 14.0. The van der Waals surface area contributed by atoms with E-state index in [0.717, 1.165) is 37.9 Å². The van der Waals surface area contributed by atoms with Gasteiger partial charge in [-0.25, -0.2) is 0 Å². The highest BCUT2D eigenvalue weighted by Gasteiger charge is 2.42. The number of anilines is 3. The molecular formula is C38H31F6N3O3. The summed E-state index contributed by atoms with van der Waals surface area (Å²) < 4.78 is 81.0. The molecule has 0 bridgehead atoms. The van der Waals surface area contributed by atoms with E-state index in [9.17, 15) is 40.7 Å². The van der Waals surface area contributed by atoms with Crippen molar-refractivity contribution in [1.29, 1.82) is 0 Å². The highest BCUT2D eigenvalue weighted by molar-refractivity contribution is 6.23. The first-order valence-electron chi connectivity index (χ1n) is 16.1. The topological polar surface area (TPSA) is 78.5 Å². The van der Waals surface area contributed by atoms with E-state index in [-0.39, 0.29) is 23.7 Å². The Bertz CT molecular complexity index is 2330. The number of alkyl halides is 6. The summed E-state index contributed by atoms with van der Waals surface area (Å²) in [6.45, 7) is 5.68. The maximum atomic E-state index is 14.5. The highest BCUT2D eigenvalue weighted by atomic mass is 19.4. The summed E-state index contributed by atoms with van der Waals surface area (Å²) in [6.07, 6.45) is -8.85. The highest BCUT2D eigenvalue weighted by Crippen LogP contribution is 2.44. The van der Waals surface area contributed by atoms with Crippen LogP contribution < -0.4 is 21.5 Å². The van der Waals surface area contributed by atoms with E-state index >= 15 is 0 Å². The molecule has 0 aromatic heterocycles. The molecule has 2 N–H and O–H groups in total. The van der Waals surface area contributed by atoms with E-state index in [2.05, 4.69) is 41.0 Å². The molecule has 0 radical (unpaired) electrons. The van der Waals surface area contributed by atoms with Crippen LogP contribution in [0.25, 0.3) is 32.3 Å². The second kappa shape index (κ2) is 11.5. The fourth-order valence-electron chi connectivity index (χ4n) is 7.20. The van der Waals surface area contributed by atoms with Gasteiger partial charge in [0.15, 0.2) is 0 Å². The Morgan fingerprint density at radius 2 is 1.34 bits per heavy atom. The summed E-state index contributed by atoms with van der Waals surface area (Å²) in [5.41, 5.74) is -6.81. The Labute approximate surface area is 281 Å². The molecule has 1 fully saturated rings. The summed E-state index contributed by atoms with van der Waals surface area (Å²) in [4.78, 5) is 41.8. The van der Waals surface area contributed by atoms with Crippen LogP contribution in [-0.4, -0.2) is 23.4 Å². The van der Waals surface area contributed by atoms with Crippen LogP contribution in [0.15, 0.2) is 82.4 Å². The zero-order valence-electron chi connectivity index (χ0n) is 27.1. The monoisotopic (exact) mass is 691 g/mol. The van der Waals surface area contributed by atoms with E-state index in [0.29, 0.717) is 31.5 Å². The van der Waals surface area contributed by atoms with Gasteiger partial charge in [-0.2, -0.15) is 26.3 Å². The van der Waals surface area contributed by atoms with Crippen LogP contribution in [0.2, 0.25) is 0 Å². The number of benzene rings is 5. The van der Waals surface area contributed by atoms with E-state index in [1.165, 1.54) is 0 Å². The molecule has 0 saturated carbocycles. The van der Waals surface area contributed by atoms with Gasteiger partial charge in [-0.15, -0.1) is 0 Å². The van der Waals surface area contributed by atoms with Crippen molar-refractivity contribution in [2.45, 2.75) is 58.0 Å². The molecule has 1 aliphatic heterocycles. The van der Waals surface area contributed by atoms with Gasteiger partial charge in [-0.1, -0.05) is 69.3 Å². The summed E-state index contributed by atoms with van der Waals surface area (Å²) in [6, 6.07) is 17.8. The normalized spacial score (nSPS) is 16.6. The maximum absolute atomic E-state index is 14.5. The average Bonchev–Trinajstić information content (AvgIpc) is 3.55. The number of nitrogens with one attached hydrogen (secondary N) is 2. The van der Waals surface area contributed by atoms with E-state index in [4.69, 9.17) is 0 Å². The molecule has 2 atom stereocenters. The molecule has 7 rings (SSSR count). The molecule has 6 aromatic carbocycles. The lowest BCUT2D eigenvalue weighted by Crippen LogP contribution is -2.51. The largest absolute Gasteiger partial charge is 0.416 e. The first-order valence-corrected chi connectivity index (χ1v) is 16.1. The number of hydrogen-bond donors (Lipinski definition) is 2. The third-order valence-electron chi connectivity index (χ3n) is 9.60. The van der Waals surface area contributed by atoms with Crippen molar-refractivity contribution in [2.75, 3.05) is 17.2 Å². The lowest BCUT2D eigenvalue weighted by atomic mass is 9.84. The number of likely N-dealkylation sites (tertiary alicyclic amines) is 1. The molecule has 1 heterocycles. The van der Waals surface area contributed by atoms with Crippen molar-refractivity contribution in [3.05, 3.63) is 110 Å². The summed E-state index contributed by atoms with van der Waals surface area (Å²) in [7, 11) is 0. The average molecular weight is 692 g/mol. The van der Waals surface area contributed by atoms with Crippen LogP contribution >= 0.6 is 0 Å². The molecule has 6 aromatic rings. The van der Waals surface area contributed by atoms with Gasteiger partial charge >= 0.3 is 12.4 Å². The van der Waals surface area contributed by atoms with Crippen molar-refractivity contribution in [2.24, 2.45) is 5.41 Å². The van der Waals surface area contributed by atoms with Crippen LogP contribution in [0.5, 0.6) is 0 Å². The lowest BCUT2D eigenvalue weighted by Gasteiger charge is -2.37. The minimum atomic E-state index is -5.11. The summed E-state index contributed by atoms with van der Waals surface area (Å²) in [5.74, 6) is -0.359. The zero-order valence-corrected chi connectivity index (χ0v) is 27.1. The van der Waals surface area contributed by atoms with Crippen molar-refractivity contribution < 1.29 is 31.1 Å². The third kappa shape index (κ3) is 5.60. The minimum Gasteiger partial charge on any atom is -0.368 e. The van der Waals surface area contributed by atoms with Crippen LogP contribution in [0.1, 0.15) is 56.3 Å². The van der Waals surface area contributed by atoms with Gasteiger partial charge in [0.25, 0.3) is 10.9 Å². The van der Waals surface area contributed by atoms with Crippen molar-refractivity contribution >= 4 is 55.3 Å². The molecule has 1 amide bonds. The van der Waals surface area contributed by atoms with Gasteiger partial charge in [-0.05, 0) is 80.4 Å². The predicted octanol–water partition coefficient (Wildman–Crippen LogP) is 9.15. The number of rotatable bonds is 6. The standard InChI is InChI=1S/C38H31F6N3O3/c1-36(2,3)34(46-31-30(32(48)33(31)49)45-24-17-22(37(39,40)41)16-23(18-24)38(42,43)44)35(50)47-14-6-11-27(47)26-15-21-9-4-7-19-12-13-20-8-5-10-25(26)29(20)28(19)21/h4-5,7-10,12-13,15-18,27,34,45-46H,6,11,14H2,1-3H3/t27-,34-/m1/s1. The maximum Gasteiger partial charge on any atom is 0.416 e. The molecule has 6 nitrogen and oxygen atoms in total. The van der Waals surface area contributed by atoms with Crippen LogP contribution in [-0.2, 0) is 17.1 Å². The number of carbonyl (C=O) groups excluding carboxylic acids is 1. The number of carbonyl (C=O) groups is 1. The number of halogens is 6.